The van der Waals surface area contributed by atoms with Gasteiger partial charge in [0.05, 0.1) is 5.25 Å². The van der Waals surface area contributed by atoms with E-state index in [1.807, 2.05) is 45.0 Å². The molecular formula is C16H21BrN6O2S. The first-order valence-corrected chi connectivity index (χ1v) is 9.51. The maximum Gasteiger partial charge on any atom is 0.321 e. The van der Waals surface area contributed by atoms with E-state index in [9.17, 15) is 9.59 Å². The zero-order valence-corrected chi connectivity index (χ0v) is 17.3. The van der Waals surface area contributed by atoms with Gasteiger partial charge in [0.2, 0.25) is 11.1 Å². The molecule has 1 atom stereocenters. The zero-order chi connectivity index (χ0) is 19.5. The van der Waals surface area contributed by atoms with Crippen LogP contribution >= 0.6 is 27.7 Å². The molecule has 2 rings (SSSR count). The monoisotopic (exact) mass is 440 g/mol. The second-order valence-electron chi connectivity index (χ2n) is 6.61. The van der Waals surface area contributed by atoms with Crippen LogP contribution in [0.15, 0.2) is 33.9 Å². The van der Waals surface area contributed by atoms with Crippen molar-refractivity contribution in [2.45, 2.75) is 43.6 Å². The summed E-state index contributed by atoms with van der Waals surface area (Å²) in [6.07, 6.45) is 0. The Hall–Kier alpha value is -2.07. The molecule has 1 aromatic heterocycles. The molecular weight excluding hydrogens is 420 g/mol. The minimum atomic E-state index is -0.584. The summed E-state index contributed by atoms with van der Waals surface area (Å²) in [5, 5.41) is 12.9. The molecule has 3 amide bonds. The van der Waals surface area contributed by atoms with Crippen molar-refractivity contribution in [2.24, 2.45) is 0 Å². The number of thioether (sulfide) groups is 1. The van der Waals surface area contributed by atoms with Crippen LogP contribution in [0.3, 0.4) is 0 Å². The standard InChI is InChI=1S/C16H21BrN6O2S/c1-9(13(24)19-14(25)20-16(2,3)4)26-15-22-21-12(23(15)18)10-7-5-6-8-11(10)17/h5-9H,18H2,1-4H3,(H2,19,20,24,25). The number of nitrogens with zero attached hydrogens (tertiary/aromatic N) is 3. The maximum absolute atomic E-state index is 12.2. The fraction of sp³-hybridized carbons (Fsp3) is 0.375. The van der Waals surface area contributed by atoms with Crippen molar-refractivity contribution in [3.63, 3.8) is 0 Å². The number of nitrogens with two attached hydrogens (primary N) is 1. The number of carbonyl (C=O) groups excluding carboxylic acids is 2. The lowest BCUT2D eigenvalue weighted by atomic mass is 10.1. The quantitative estimate of drug-likeness (QED) is 0.496. The van der Waals surface area contributed by atoms with Crippen molar-refractivity contribution in [1.29, 1.82) is 0 Å². The Morgan fingerprint density at radius 3 is 2.54 bits per heavy atom. The Balaban J connectivity index is 2.06. The highest BCUT2D eigenvalue weighted by atomic mass is 79.9. The lowest BCUT2D eigenvalue weighted by Crippen LogP contribution is -2.49. The number of hydrogen-bond donors (Lipinski definition) is 3. The molecule has 26 heavy (non-hydrogen) atoms. The minimum absolute atomic E-state index is 0.370. The first-order valence-electron chi connectivity index (χ1n) is 7.83. The summed E-state index contributed by atoms with van der Waals surface area (Å²) in [5.41, 5.74) is 0.354. The van der Waals surface area contributed by atoms with Crippen molar-refractivity contribution in [3.05, 3.63) is 28.7 Å². The van der Waals surface area contributed by atoms with Crippen molar-refractivity contribution in [1.82, 2.24) is 25.5 Å². The molecule has 0 spiro atoms. The number of amides is 3. The summed E-state index contributed by atoms with van der Waals surface area (Å²) < 4.78 is 2.16. The van der Waals surface area contributed by atoms with Gasteiger partial charge in [0, 0.05) is 15.6 Å². The number of imide groups is 1. The topological polar surface area (TPSA) is 115 Å². The third-order valence-electron chi connectivity index (χ3n) is 3.16. The van der Waals surface area contributed by atoms with E-state index in [1.165, 1.54) is 4.68 Å². The maximum atomic E-state index is 12.2. The first kappa shape index (κ1) is 20.2. The van der Waals surface area contributed by atoms with E-state index in [-0.39, 0.29) is 0 Å². The fourth-order valence-electron chi connectivity index (χ4n) is 1.98. The highest BCUT2D eigenvalue weighted by Crippen LogP contribution is 2.29. The van der Waals surface area contributed by atoms with Gasteiger partial charge in [-0.3, -0.25) is 10.1 Å². The molecule has 0 aliphatic carbocycles. The molecule has 1 unspecified atom stereocenters. The third kappa shape index (κ3) is 5.21. The van der Waals surface area contributed by atoms with Crippen molar-refractivity contribution < 1.29 is 9.59 Å². The van der Waals surface area contributed by atoms with Gasteiger partial charge in [-0.15, -0.1) is 10.2 Å². The summed E-state index contributed by atoms with van der Waals surface area (Å²) >= 11 is 4.57. The van der Waals surface area contributed by atoms with Gasteiger partial charge < -0.3 is 11.2 Å². The van der Waals surface area contributed by atoms with Gasteiger partial charge in [-0.1, -0.05) is 39.8 Å². The summed E-state index contributed by atoms with van der Waals surface area (Å²) in [6, 6.07) is 6.94. The Kier molecular flexibility index (Phi) is 6.30. The molecule has 0 saturated carbocycles. The van der Waals surface area contributed by atoms with Gasteiger partial charge in [0.15, 0.2) is 5.82 Å². The highest BCUT2D eigenvalue weighted by molar-refractivity contribution is 9.10. The van der Waals surface area contributed by atoms with Gasteiger partial charge >= 0.3 is 6.03 Å². The molecule has 0 aliphatic rings. The van der Waals surface area contributed by atoms with Crippen LogP contribution in [0.5, 0.6) is 0 Å². The lowest BCUT2D eigenvalue weighted by Gasteiger charge is -2.21. The van der Waals surface area contributed by atoms with Crippen molar-refractivity contribution in [2.75, 3.05) is 5.84 Å². The van der Waals surface area contributed by atoms with Gasteiger partial charge in [0.1, 0.15) is 0 Å². The number of hydrogen-bond acceptors (Lipinski definition) is 6. The average Bonchev–Trinajstić information content (AvgIpc) is 2.86. The van der Waals surface area contributed by atoms with Crippen LogP contribution in [0.2, 0.25) is 0 Å². The molecule has 0 bridgehead atoms. The van der Waals surface area contributed by atoms with Gasteiger partial charge in [-0.05, 0) is 39.8 Å². The first-order chi connectivity index (χ1) is 12.1. The van der Waals surface area contributed by atoms with E-state index in [0.717, 1.165) is 21.8 Å². The molecule has 10 heteroatoms. The molecule has 4 N–H and O–H groups in total. The highest BCUT2D eigenvalue weighted by Gasteiger charge is 2.23. The minimum Gasteiger partial charge on any atom is -0.335 e. The normalized spacial score (nSPS) is 12.5. The van der Waals surface area contributed by atoms with Crippen LogP contribution in [-0.4, -0.2) is 37.6 Å². The molecule has 0 radical (unpaired) electrons. The molecule has 0 saturated heterocycles. The van der Waals surface area contributed by atoms with Crippen LogP contribution in [0.1, 0.15) is 27.7 Å². The Labute approximate surface area is 164 Å². The number of benzene rings is 1. The van der Waals surface area contributed by atoms with E-state index in [1.54, 1.807) is 6.92 Å². The third-order valence-corrected chi connectivity index (χ3v) is 4.90. The number of carbonyl (C=O) groups is 2. The van der Waals surface area contributed by atoms with Crippen LogP contribution in [0.25, 0.3) is 11.4 Å². The van der Waals surface area contributed by atoms with Crippen LogP contribution < -0.4 is 16.5 Å². The molecule has 1 heterocycles. The van der Waals surface area contributed by atoms with Gasteiger partial charge in [0.25, 0.3) is 0 Å². The number of aromatic nitrogens is 3. The number of halogens is 1. The summed E-state index contributed by atoms with van der Waals surface area (Å²) in [7, 11) is 0. The van der Waals surface area contributed by atoms with E-state index in [4.69, 9.17) is 5.84 Å². The number of nitrogens with one attached hydrogen (secondary N) is 2. The molecule has 140 valence electrons. The largest absolute Gasteiger partial charge is 0.335 e. The van der Waals surface area contributed by atoms with Crippen molar-refractivity contribution in [3.8, 4) is 11.4 Å². The SMILES string of the molecule is CC(Sc1nnc(-c2ccccc2Br)n1N)C(=O)NC(=O)NC(C)(C)C. The molecule has 2 aromatic rings. The second kappa shape index (κ2) is 8.09. The Morgan fingerprint density at radius 1 is 1.27 bits per heavy atom. The second-order valence-corrected chi connectivity index (χ2v) is 8.77. The Bertz CT molecular complexity index is 817. The molecule has 8 nitrogen and oxygen atoms in total. The summed E-state index contributed by atoms with van der Waals surface area (Å²) in [4.78, 5) is 24.0. The molecule has 1 aromatic carbocycles. The lowest BCUT2D eigenvalue weighted by molar-refractivity contribution is -0.119. The van der Waals surface area contributed by atoms with E-state index in [2.05, 4.69) is 36.8 Å². The van der Waals surface area contributed by atoms with Gasteiger partial charge in [-0.2, -0.15) is 0 Å². The fourth-order valence-corrected chi connectivity index (χ4v) is 3.21. The predicted octanol–water partition coefficient (Wildman–Crippen LogP) is 2.53. The van der Waals surface area contributed by atoms with E-state index >= 15 is 0 Å². The number of urea groups is 1. The van der Waals surface area contributed by atoms with E-state index < -0.39 is 22.7 Å². The molecule has 0 fully saturated rings. The Morgan fingerprint density at radius 2 is 1.92 bits per heavy atom. The van der Waals surface area contributed by atoms with Crippen LogP contribution in [0, 0.1) is 0 Å². The summed E-state index contributed by atoms with van der Waals surface area (Å²) in [6.45, 7) is 7.15. The predicted molar refractivity (Wildman–Crippen MR) is 105 cm³/mol. The van der Waals surface area contributed by atoms with Crippen LogP contribution in [-0.2, 0) is 4.79 Å². The van der Waals surface area contributed by atoms with E-state index in [0.29, 0.717) is 11.0 Å². The number of nitrogen functional groups attached to an aromatic ring is 1. The zero-order valence-electron chi connectivity index (χ0n) is 14.9. The average molecular weight is 441 g/mol. The number of rotatable bonds is 4. The van der Waals surface area contributed by atoms with Crippen molar-refractivity contribution >= 4 is 39.6 Å². The molecule has 0 aliphatic heterocycles. The smallest absolute Gasteiger partial charge is 0.321 e. The summed E-state index contributed by atoms with van der Waals surface area (Å²) in [5.74, 6) is 6.10. The van der Waals surface area contributed by atoms with Gasteiger partial charge in [-0.25, -0.2) is 9.47 Å². The van der Waals surface area contributed by atoms with Crippen LogP contribution in [0.4, 0.5) is 4.79 Å².